The molecule has 0 amide bonds. The quantitative estimate of drug-likeness (QED) is 0.794. The van der Waals surface area contributed by atoms with Crippen molar-refractivity contribution in [1.29, 1.82) is 0 Å². The van der Waals surface area contributed by atoms with E-state index >= 15 is 0 Å². The van der Waals surface area contributed by atoms with Gasteiger partial charge in [-0.2, -0.15) is 8.42 Å². The molecule has 114 valence electrons. The van der Waals surface area contributed by atoms with E-state index in [2.05, 4.69) is 0 Å². The third kappa shape index (κ3) is 3.17. The Morgan fingerprint density at radius 2 is 2.00 bits per heavy atom. The monoisotopic (exact) mass is 310 g/mol. The maximum Gasteiger partial charge on any atom is 0.270 e. The zero-order valence-electron chi connectivity index (χ0n) is 11.6. The summed E-state index contributed by atoms with van der Waals surface area (Å²) in [6.07, 6.45) is 0.585. The highest BCUT2D eigenvalue weighted by atomic mass is 32.2. The summed E-state index contributed by atoms with van der Waals surface area (Å²) in [5, 5.41) is -0.607. The van der Waals surface area contributed by atoms with Gasteiger partial charge in [0.15, 0.2) is 0 Å². The average molecular weight is 310 g/mol. The molecule has 0 unspecified atom stereocenters. The molecule has 21 heavy (non-hydrogen) atoms. The van der Waals surface area contributed by atoms with Gasteiger partial charge in [0.1, 0.15) is 5.78 Å². The molecule has 1 aliphatic carbocycles. The number of ether oxygens (including phenoxy) is 1. The molecule has 0 N–H and O–H groups in total. The molecule has 0 bridgehead atoms. The molecular weight excluding hydrogens is 292 g/mol. The minimum Gasteiger partial charge on any atom is -0.371 e. The van der Waals surface area contributed by atoms with Crippen molar-refractivity contribution in [3.05, 3.63) is 35.9 Å². The first kappa shape index (κ1) is 14.7. The van der Waals surface area contributed by atoms with E-state index in [-0.39, 0.29) is 30.8 Å². The molecule has 2 aliphatic rings. The molecule has 0 aromatic heterocycles. The second-order valence-corrected chi connectivity index (χ2v) is 7.42. The Morgan fingerprint density at radius 3 is 2.76 bits per heavy atom. The lowest BCUT2D eigenvalue weighted by Crippen LogP contribution is -2.50. The van der Waals surface area contributed by atoms with Crippen LogP contribution in [0.1, 0.15) is 24.8 Å². The number of rotatable bonds is 3. The van der Waals surface area contributed by atoms with Gasteiger partial charge in [0.05, 0.1) is 24.6 Å². The van der Waals surface area contributed by atoms with Crippen LogP contribution in [0.15, 0.2) is 30.3 Å². The number of Topliss-reactive ketones (excluding diaryl/α,β-unsaturated/α-hetero) is 1. The third-order valence-electron chi connectivity index (χ3n) is 4.20. The molecule has 5 nitrogen and oxygen atoms in total. The number of hydrogen-bond donors (Lipinski definition) is 0. The molecule has 1 aliphatic heterocycles. The van der Waals surface area contributed by atoms with Crippen LogP contribution in [0.2, 0.25) is 0 Å². The highest BCUT2D eigenvalue weighted by molar-refractivity contribution is 7.87. The molecular formula is C15H18O5S. The predicted octanol–water partition coefficient (Wildman–Crippen LogP) is 1.67. The standard InChI is InChI=1S/C15H18O5S/c16-12-6-7-15-13(8-12)14(10-20-21(15,17)18)19-9-11-4-2-1-3-5-11/h1-5,13-15H,6-10H2/t13-,14+,15-/m0/s1. The van der Waals surface area contributed by atoms with E-state index in [4.69, 9.17) is 8.92 Å². The van der Waals surface area contributed by atoms with Gasteiger partial charge in [-0.15, -0.1) is 0 Å². The Labute approximate surface area is 124 Å². The highest BCUT2D eigenvalue weighted by Gasteiger charge is 2.47. The molecule has 3 atom stereocenters. The molecule has 1 aromatic rings. The zero-order chi connectivity index (χ0) is 14.9. The van der Waals surface area contributed by atoms with Crippen molar-refractivity contribution in [3.63, 3.8) is 0 Å². The Bertz CT molecular complexity index is 610. The van der Waals surface area contributed by atoms with Crippen LogP contribution in [-0.2, 0) is 30.4 Å². The summed E-state index contributed by atoms with van der Waals surface area (Å²) >= 11 is 0. The van der Waals surface area contributed by atoms with Gasteiger partial charge in [0, 0.05) is 18.8 Å². The van der Waals surface area contributed by atoms with Crippen molar-refractivity contribution in [2.45, 2.75) is 37.2 Å². The van der Waals surface area contributed by atoms with Gasteiger partial charge >= 0.3 is 0 Å². The maximum absolute atomic E-state index is 12.0. The number of ketones is 1. The first-order chi connectivity index (χ1) is 10.1. The van der Waals surface area contributed by atoms with Crippen LogP contribution in [0.3, 0.4) is 0 Å². The number of carbonyl (C=O) groups excluding carboxylic acids is 1. The van der Waals surface area contributed by atoms with E-state index in [1.165, 1.54) is 0 Å². The van der Waals surface area contributed by atoms with Gasteiger partial charge in [0.2, 0.25) is 0 Å². The SMILES string of the molecule is O=C1CC[C@H]2[C@@H](C1)[C@H](OCc1ccccc1)COS2(=O)=O. The summed E-state index contributed by atoms with van der Waals surface area (Å²) in [7, 11) is -3.56. The van der Waals surface area contributed by atoms with Crippen molar-refractivity contribution in [2.24, 2.45) is 5.92 Å². The van der Waals surface area contributed by atoms with Crippen LogP contribution in [-0.4, -0.2) is 32.2 Å². The summed E-state index contributed by atoms with van der Waals surface area (Å²) in [6, 6.07) is 9.67. The smallest absolute Gasteiger partial charge is 0.270 e. The lowest BCUT2D eigenvalue weighted by Gasteiger charge is -2.39. The Balaban J connectivity index is 1.71. The molecule has 1 aromatic carbocycles. The van der Waals surface area contributed by atoms with Crippen molar-refractivity contribution < 1.29 is 22.1 Å². The third-order valence-corrected chi connectivity index (χ3v) is 5.99. The molecule has 6 heteroatoms. The first-order valence-electron chi connectivity index (χ1n) is 7.12. The summed E-state index contributed by atoms with van der Waals surface area (Å²) in [6.45, 7) is 0.399. The number of carbonyl (C=O) groups is 1. The van der Waals surface area contributed by atoms with Crippen LogP contribution in [0.5, 0.6) is 0 Å². The molecule has 1 saturated heterocycles. The largest absolute Gasteiger partial charge is 0.371 e. The Kier molecular flexibility index (Phi) is 4.10. The fraction of sp³-hybridized carbons (Fsp3) is 0.533. The van der Waals surface area contributed by atoms with Gasteiger partial charge in [-0.05, 0) is 12.0 Å². The van der Waals surface area contributed by atoms with E-state index in [1.54, 1.807) is 0 Å². The van der Waals surface area contributed by atoms with Gasteiger partial charge in [-0.3, -0.25) is 8.98 Å². The van der Waals surface area contributed by atoms with Crippen LogP contribution in [0.4, 0.5) is 0 Å². The molecule has 0 radical (unpaired) electrons. The van der Waals surface area contributed by atoms with Crippen LogP contribution in [0, 0.1) is 5.92 Å². The van der Waals surface area contributed by atoms with Gasteiger partial charge in [-0.25, -0.2) is 0 Å². The number of fused-ring (bicyclic) bond motifs is 1. The Hall–Kier alpha value is -1.24. The predicted molar refractivity (Wildman–Crippen MR) is 76.0 cm³/mol. The number of benzene rings is 1. The first-order valence-corrected chi connectivity index (χ1v) is 8.59. The molecule has 1 heterocycles. The Morgan fingerprint density at radius 1 is 1.24 bits per heavy atom. The second-order valence-electron chi connectivity index (χ2n) is 5.60. The van der Waals surface area contributed by atoms with E-state index in [0.717, 1.165) is 5.56 Å². The maximum atomic E-state index is 12.0. The van der Waals surface area contributed by atoms with Crippen molar-refractivity contribution >= 4 is 15.9 Å². The van der Waals surface area contributed by atoms with Crippen molar-refractivity contribution in [3.8, 4) is 0 Å². The van der Waals surface area contributed by atoms with Gasteiger partial charge in [-0.1, -0.05) is 30.3 Å². The summed E-state index contributed by atoms with van der Waals surface area (Å²) in [5.41, 5.74) is 1.02. The van der Waals surface area contributed by atoms with Crippen LogP contribution in [0.25, 0.3) is 0 Å². The van der Waals surface area contributed by atoms with E-state index < -0.39 is 15.4 Å². The fourth-order valence-electron chi connectivity index (χ4n) is 3.07. The molecule has 2 fully saturated rings. The zero-order valence-corrected chi connectivity index (χ0v) is 12.4. The lowest BCUT2D eigenvalue weighted by molar-refractivity contribution is -0.125. The van der Waals surface area contributed by atoms with Gasteiger partial charge in [0.25, 0.3) is 10.1 Å². The van der Waals surface area contributed by atoms with Crippen molar-refractivity contribution in [2.75, 3.05) is 6.61 Å². The second kappa shape index (κ2) is 5.87. The highest BCUT2D eigenvalue weighted by Crippen LogP contribution is 2.36. The average Bonchev–Trinajstić information content (AvgIpc) is 2.47. The minimum absolute atomic E-state index is 0.00358. The van der Waals surface area contributed by atoms with Crippen LogP contribution < -0.4 is 0 Å². The van der Waals surface area contributed by atoms with E-state index in [0.29, 0.717) is 19.4 Å². The summed E-state index contributed by atoms with van der Waals surface area (Å²) < 4.78 is 34.8. The molecule has 1 saturated carbocycles. The lowest BCUT2D eigenvalue weighted by atomic mass is 9.84. The molecule has 0 spiro atoms. The summed E-state index contributed by atoms with van der Waals surface area (Å²) in [5.74, 6) is -0.171. The molecule has 3 rings (SSSR count). The number of hydrogen-bond acceptors (Lipinski definition) is 5. The van der Waals surface area contributed by atoms with E-state index in [1.807, 2.05) is 30.3 Å². The van der Waals surface area contributed by atoms with E-state index in [9.17, 15) is 13.2 Å². The fourth-order valence-corrected chi connectivity index (χ4v) is 4.67. The summed E-state index contributed by atoms with van der Waals surface area (Å²) in [4.78, 5) is 11.7. The van der Waals surface area contributed by atoms with Crippen LogP contribution >= 0.6 is 0 Å². The topological polar surface area (TPSA) is 69.7 Å². The normalized spacial score (nSPS) is 31.6. The van der Waals surface area contributed by atoms with Crippen molar-refractivity contribution in [1.82, 2.24) is 0 Å². The minimum atomic E-state index is -3.56. The van der Waals surface area contributed by atoms with Gasteiger partial charge < -0.3 is 4.74 Å².